The molecule has 0 unspecified atom stereocenters. The van der Waals surface area contributed by atoms with Crippen LogP contribution in [0.25, 0.3) is 11.3 Å². The predicted octanol–water partition coefficient (Wildman–Crippen LogP) is 6.48. The maximum Gasteiger partial charge on any atom is 0.187 e. The van der Waals surface area contributed by atoms with Gasteiger partial charge in [0.2, 0.25) is 0 Å². The molecule has 114 valence electrons. The lowest BCUT2D eigenvalue weighted by molar-refractivity contribution is 0.628. The van der Waals surface area contributed by atoms with Crippen molar-refractivity contribution in [1.29, 1.82) is 0 Å². The zero-order valence-corrected chi connectivity index (χ0v) is 14.7. The lowest BCUT2D eigenvalue weighted by Gasteiger charge is -2.02. The second kappa shape index (κ2) is 8.06. The molecule has 1 N–H and O–H groups in total. The van der Waals surface area contributed by atoms with E-state index in [0.717, 1.165) is 26.5 Å². The summed E-state index contributed by atoms with van der Waals surface area (Å²) in [5.74, 6) is -0.239. The summed E-state index contributed by atoms with van der Waals surface area (Å²) in [5, 5.41) is 6.01. The zero-order chi connectivity index (χ0) is 15.9. The summed E-state index contributed by atoms with van der Waals surface area (Å²) in [5.41, 5.74) is 2.73. The Bertz CT molecular complexity index is 708. The molecule has 2 aromatic carbocycles. The highest BCUT2D eigenvalue weighted by atomic mass is 79.9. The Kier molecular flexibility index (Phi) is 6.10. The molecule has 3 rings (SSSR count). The van der Waals surface area contributed by atoms with Crippen LogP contribution in [0.5, 0.6) is 0 Å². The third-order valence-electron chi connectivity index (χ3n) is 2.74. The van der Waals surface area contributed by atoms with Crippen molar-refractivity contribution in [2.24, 2.45) is 0 Å². The smallest absolute Gasteiger partial charge is 0.187 e. The molecule has 2 nitrogen and oxygen atoms in total. The highest BCUT2D eigenvalue weighted by Crippen LogP contribution is 2.27. The van der Waals surface area contributed by atoms with Gasteiger partial charge >= 0.3 is 0 Å². The highest BCUT2D eigenvalue weighted by molar-refractivity contribution is 9.10. The van der Waals surface area contributed by atoms with Gasteiger partial charge in [-0.3, -0.25) is 0 Å². The maximum atomic E-state index is 12.9. The molecule has 0 aliphatic heterocycles. The van der Waals surface area contributed by atoms with Gasteiger partial charge < -0.3 is 5.32 Å². The number of nitrogens with one attached hydrogen (secondary N) is 1. The van der Waals surface area contributed by atoms with Gasteiger partial charge in [0.1, 0.15) is 5.82 Å². The topological polar surface area (TPSA) is 24.9 Å². The fourth-order valence-electron chi connectivity index (χ4n) is 1.74. The van der Waals surface area contributed by atoms with E-state index < -0.39 is 0 Å². The van der Waals surface area contributed by atoms with Crippen molar-refractivity contribution in [3.05, 3.63) is 64.2 Å². The number of aromatic nitrogens is 1. The van der Waals surface area contributed by atoms with Gasteiger partial charge in [-0.25, -0.2) is 9.37 Å². The van der Waals surface area contributed by atoms with Crippen LogP contribution in [-0.2, 0) is 0 Å². The molecule has 3 aromatic rings. The molecule has 1 aromatic heterocycles. The Morgan fingerprint density at radius 1 is 1.00 bits per heavy atom. The highest BCUT2D eigenvalue weighted by Gasteiger charge is 2.05. The average molecular weight is 379 g/mol. The lowest BCUT2D eigenvalue weighted by atomic mass is 10.2. The van der Waals surface area contributed by atoms with E-state index in [-0.39, 0.29) is 5.82 Å². The minimum atomic E-state index is -0.239. The van der Waals surface area contributed by atoms with E-state index in [4.69, 9.17) is 0 Å². The minimum absolute atomic E-state index is 0.239. The second-order valence-electron chi connectivity index (χ2n) is 4.18. The van der Waals surface area contributed by atoms with Crippen molar-refractivity contribution in [1.82, 2.24) is 4.98 Å². The number of anilines is 2. The number of thiazole rings is 1. The fourth-order valence-corrected chi connectivity index (χ4v) is 2.75. The number of hydrogen-bond acceptors (Lipinski definition) is 3. The van der Waals surface area contributed by atoms with Gasteiger partial charge in [0, 0.05) is 21.1 Å². The van der Waals surface area contributed by atoms with E-state index in [1.54, 1.807) is 12.1 Å². The van der Waals surface area contributed by atoms with Crippen molar-refractivity contribution in [2.45, 2.75) is 13.8 Å². The Hall–Kier alpha value is -1.72. The SMILES string of the molecule is CC.Fc1ccc(-c2csc(Nc3ccc(Br)cc3)n2)cc1. The fraction of sp³-hybridized carbons (Fsp3) is 0.118. The van der Waals surface area contributed by atoms with Gasteiger partial charge in [-0.15, -0.1) is 11.3 Å². The molecule has 0 spiro atoms. The third kappa shape index (κ3) is 4.39. The third-order valence-corrected chi connectivity index (χ3v) is 4.03. The molecule has 22 heavy (non-hydrogen) atoms. The second-order valence-corrected chi connectivity index (χ2v) is 5.95. The molecule has 0 aliphatic rings. The summed E-state index contributed by atoms with van der Waals surface area (Å²) >= 11 is 4.92. The zero-order valence-electron chi connectivity index (χ0n) is 12.3. The molecule has 0 fully saturated rings. The average Bonchev–Trinajstić information content (AvgIpc) is 3.01. The molecule has 0 amide bonds. The number of rotatable bonds is 3. The van der Waals surface area contributed by atoms with E-state index in [1.165, 1.54) is 23.5 Å². The van der Waals surface area contributed by atoms with Gasteiger partial charge in [0.05, 0.1) is 5.69 Å². The summed E-state index contributed by atoms with van der Waals surface area (Å²) in [7, 11) is 0. The Labute approximate surface area is 142 Å². The van der Waals surface area contributed by atoms with Crippen molar-refractivity contribution >= 4 is 38.1 Å². The van der Waals surface area contributed by atoms with Crippen LogP contribution in [0.15, 0.2) is 58.4 Å². The van der Waals surface area contributed by atoms with Gasteiger partial charge in [0.15, 0.2) is 5.13 Å². The van der Waals surface area contributed by atoms with Crippen LogP contribution >= 0.6 is 27.3 Å². The molecule has 0 radical (unpaired) electrons. The Morgan fingerprint density at radius 3 is 2.27 bits per heavy atom. The maximum absolute atomic E-state index is 12.9. The molecule has 1 heterocycles. The first kappa shape index (κ1) is 16.6. The van der Waals surface area contributed by atoms with E-state index in [2.05, 4.69) is 26.2 Å². The standard InChI is InChI=1S/C15H10BrFN2S.C2H6/c16-11-3-7-13(8-4-11)18-15-19-14(9-20-15)10-1-5-12(17)6-2-10;1-2/h1-9H,(H,18,19);1-2H3. The van der Waals surface area contributed by atoms with Crippen LogP contribution < -0.4 is 5.32 Å². The van der Waals surface area contributed by atoms with Gasteiger partial charge in [-0.1, -0.05) is 29.8 Å². The molecule has 0 saturated carbocycles. The first-order valence-electron chi connectivity index (χ1n) is 6.95. The van der Waals surface area contributed by atoms with Crippen LogP contribution in [-0.4, -0.2) is 4.98 Å². The van der Waals surface area contributed by atoms with Crippen molar-refractivity contribution < 1.29 is 4.39 Å². The monoisotopic (exact) mass is 378 g/mol. The van der Waals surface area contributed by atoms with E-state index in [0.29, 0.717) is 0 Å². The van der Waals surface area contributed by atoms with Crippen molar-refractivity contribution in [2.75, 3.05) is 5.32 Å². The number of benzene rings is 2. The van der Waals surface area contributed by atoms with E-state index in [9.17, 15) is 4.39 Å². The van der Waals surface area contributed by atoms with E-state index in [1.807, 2.05) is 43.5 Å². The van der Waals surface area contributed by atoms with Crippen LogP contribution in [0.1, 0.15) is 13.8 Å². The van der Waals surface area contributed by atoms with Gasteiger partial charge in [-0.2, -0.15) is 0 Å². The van der Waals surface area contributed by atoms with Gasteiger partial charge in [-0.05, 0) is 48.5 Å². The van der Waals surface area contributed by atoms with E-state index >= 15 is 0 Å². The first-order valence-corrected chi connectivity index (χ1v) is 8.62. The molecular weight excluding hydrogens is 363 g/mol. The summed E-state index contributed by atoms with van der Waals surface area (Å²) in [6.07, 6.45) is 0. The normalized spacial score (nSPS) is 9.82. The van der Waals surface area contributed by atoms with Crippen LogP contribution in [0.2, 0.25) is 0 Å². The minimum Gasteiger partial charge on any atom is -0.332 e. The summed E-state index contributed by atoms with van der Waals surface area (Å²) in [6, 6.07) is 14.2. The van der Waals surface area contributed by atoms with Crippen molar-refractivity contribution in [3.8, 4) is 11.3 Å². The molecule has 5 heteroatoms. The largest absolute Gasteiger partial charge is 0.332 e. The quantitative estimate of drug-likeness (QED) is 0.563. The summed E-state index contributed by atoms with van der Waals surface area (Å²) in [6.45, 7) is 4.00. The lowest BCUT2D eigenvalue weighted by Crippen LogP contribution is -1.89. The summed E-state index contributed by atoms with van der Waals surface area (Å²) in [4.78, 5) is 4.50. The molecule has 0 aliphatic carbocycles. The first-order chi connectivity index (χ1) is 10.7. The van der Waals surface area contributed by atoms with Gasteiger partial charge in [0.25, 0.3) is 0 Å². The van der Waals surface area contributed by atoms with Crippen LogP contribution in [0.4, 0.5) is 15.2 Å². The molecule has 0 bridgehead atoms. The van der Waals surface area contributed by atoms with Crippen molar-refractivity contribution in [3.63, 3.8) is 0 Å². The Balaban J connectivity index is 0.000000847. The molecule has 0 saturated heterocycles. The van der Waals surface area contributed by atoms with Crippen LogP contribution in [0, 0.1) is 5.82 Å². The van der Waals surface area contributed by atoms with Crippen LogP contribution in [0.3, 0.4) is 0 Å². The number of halogens is 2. The Morgan fingerprint density at radius 2 is 1.64 bits per heavy atom. The predicted molar refractivity (Wildman–Crippen MR) is 96.3 cm³/mol. The molecule has 0 atom stereocenters. The number of nitrogens with zero attached hydrogens (tertiary/aromatic N) is 1. The number of hydrogen-bond donors (Lipinski definition) is 1. The molecular formula is C17H16BrFN2S. The summed E-state index contributed by atoms with van der Waals surface area (Å²) < 4.78 is 13.9.